The second-order valence-electron chi connectivity index (χ2n) is 3.58. The lowest BCUT2D eigenvalue weighted by Gasteiger charge is -2.16. The third-order valence-electron chi connectivity index (χ3n) is 1.73. The minimum absolute atomic E-state index is 0.0337. The summed E-state index contributed by atoms with van der Waals surface area (Å²) in [4.78, 5) is 0. The Hall–Kier alpha value is -0.160. The van der Waals surface area contributed by atoms with Crippen molar-refractivity contribution >= 4 is 0 Å². The Morgan fingerprint density at radius 2 is 1.64 bits per heavy atom. The quantitative estimate of drug-likeness (QED) is 0.639. The van der Waals surface area contributed by atoms with Gasteiger partial charge in [0, 0.05) is 7.11 Å². The van der Waals surface area contributed by atoms with Gasteiger partial charge in [-0.1, -0.05) is 0 Å². The topological polar surface area (TPSA) is 47.9 Å². The molecule has 0 aromatic carbocycles. The summed E-state index contributed by atoms with van der Waals surface area (Å²) in [5.41, 5.74) is 0. The van der Waals surface area contributed by atoms with Crippen LogP contribution in [0.15, 0.2) is 0 Å². The summed E-state index contributed by atoms with van der Waals surface area (Å²) in [5.74, 6) is 0. The highest BCUT2D eigenvalue weighted by molar-refractivity contribution is 4.52. The molecular weight excluding hydrogens is 184 g/mol. The van der Waals surface area contributed by atoms with Crippen molar-refractivity contribution < 1.29 is 19.3 Å². The van der Waals surface area contributed by atoms with E-state index in [9.17, 15) is 0 Å². The van der Waals surface area contributed by atoms with Gasteiger partial charge in [0.05, 0.1) is 38.1 Å². The molecule has 0 aliphatic carbocycles. The zero-order chi connectivity index (χ0) is 11.0. The van der Waals surface area contributed by atoms with E-state index in [0.29, 0.717) is 19.8 Å². The molecule has 0 aliphatic rings. The van der Waals surface area contributed by atoms with Crippen LogP contribution in [0.2, 0.25) is 0 Å². The number of rotatable bonds is 8. The summed E-state index contributed by atoms with van der Waals surface area (Å²) < 4.78 is 15.7. The van der Waals surface area contributed by atoms with E-state index in [2.05, 4.69) is 0 Å². The molecule has 3 atom stereocenters. The predicted molar refractivity (Wildman–Crippen MR) is 54.4 cm³/mol. The average molecular weight is 206 g/mol. The highest BCUT2D eigenvalue weighted by Gasteiger charge is 2.06. The molecule has 1 N–H and O–H groups in total. The van der Waals surface area contributed by atoms with Crippen LogP contribution in [-0.2, 0) is 14.2 Å². The number of aliphatic hydroxyl groups is 1. The first-order chi connectivity index (χ1) is 6.56. The Bertz CT molecular complexity index is 127. The number of ether oxygens (including phenoxy) is 3. The predicted octanol–water partition coefficient (Wildman–Crippen LogP) is 0.824. The first-order valence-corrected chi connectivity index (χ1v) is 4.96. The molecule has 0 saturated carbocycles. The maximum atomic E-state index is 8.94. The normalized spacial score (nSPS) is 17.8. The van der Waals surface area contributed by atoms with Gasteiger partial charge >= 0.3 is 0 Å². The molecule has 0 aromatic rings. The fraction of sp³-hybridized carbons (Fsp3) is 1.00. The number of methoxy groups -OCH3 is 1. The SMILES string of the molecule is COC(C)COC(C)COCC(C)O. The van der Waals surface area contributed by atoms with Gasteiger partial charge in [-0.2, -0.15) is 0 Å². The van der Waals surface area contributed by atoms with E-state index < -0.39 is 6.10 Å². The Morgan fingerprint density at radius 1 is 1.00 bits per heavy atom. The molecule has 0 aromatic heterocycles. The summed E-state index contributed by atoms with van der Waals surface area (Å²) >= 11 is 0. The fourth-order valence-electron chi connectivity index (χ4n) is 0.820. The van der Waals surface area contributed by atoms with Crippen molar-refractivity contribution in [2.45, 2.75) is 39.1 Å². The van der Waals surface area contributed by atoms with E-state index in [4.69, 9.17) is 19.3 Å². The van der Waals surface area contributed by atoms with Crippen LogP contribution in [0.25, 0.3) is 0 Å². The molecule has 86 valence electrons. The van der Waals surface area contributed by atoms with Crippen LogP contribution in [0.5, 0.6) is 0 Å². The lowest BCUT2D eigenvalue weighted by atomic mass is 10.4. The van der Waals surface area contributed by atoms with E-state index >= 15 is 0 Å². The van der Waals surface area contributed by atoms with Gasteiger partial charge < -0.3 is 19.3 Å². The van der Waals surface area contributed by atoms with Crippen molar-refractivity contribution in [1.29, 1.82) is 0 Å². The van der Waals surface area contributed by atoms with E-state index in [-0.39, 0.29) is 12.2 Å². The van der Waals surface area contributed by atoms with E-state index in [1.165, 1.54) is 0 Å². The lowest BCUT2D eigenvalue weighted by Crippen LogP contribution is -2.24. The first kappa shape index (κ1) is 13.8. The molecular formula is C10H22O4. The van der Waals surface area contributed by atoms with Crippen molar-refractivity contribution in [3.05, 3.63) is 0 Å². The fourth-order valence-corrected chi connectivity index (χ4v) is 0.820. The third kappa shape index (κ3) is 8.44. The van der Waals surface area contributed by atoms with Gasteiger partial charge in [0.2, 0.25) is 0 Å². The van der Waals surface area contributed by atoms with Gasteiger partial charge in [-0.25, -0.2) is 0 Å². The maximum Gasteiger partial charge on any atom is 0.0781 e. The smallest absolute Gasteiger partial charge is 0.0781 e. The van der Waals surface area contributed by atoms with Crippen LogP contribution in [0.3, 0.4) is 0 Å². The minimum Gasteiger partial charge on any atom is -0.391 e. The van der Waals surface area contributed by atoms with Crippen LogP contribution >= 0.6 is 0 Å². The molecule has 4 nitrogen and oxygen atoms in total. The van der Waals surface area contributed by atoms with Crippen molar-refractivity contribution in [3.63, 3.8) is 0 Å². The summed E-state index contributed by atoms with van der Waals surface area (Å²) in [7, 11) is 1.66. The summed E-state index contributed by atoms with van der Waals surface area (Å²) in [6.07, 6.45) is -0.277. The molecule has 0 aliphatic heterocycles. The van der Waals surface area contributed by atoms with Crippen LogP contribution in [-0.4, -0.2) is 50.3 Å². The molecule has 0 rings (SSSR count). The van der Waals surface area contributed by atoms with Gasteiger partial charge in [0.25, 0.3) is 0 Å². The Morgan fingerprint density at radius 3 is 2.14 bits per heavy atom. The summed E-state index contributed by atoms with van der Waals surface area (Å²) in [6, 6.07) is 0. The molecule has 0 spiro atoms. The molecule has 4 heteroatoms. The highest BCUT2D eigenvalue weighted by Crippen LogP contribution is 1.97. The van der Waals surface area contributed by atoms with Gasteiger partial charge in [0.15, 0.2) is 0 Å². The largest absolute Gasteiger partial charge is 0.391 e. The highest BCUT2D eigenvalue weighted by atomic mass is 16.6. The van der Waals surface area contributed by atoms with Gasteiger partial charge in [-0.05, 0) is 20.8 Å². The van der Waals surface area contributed by atoms with Crippen molar-refractivity contribution in [1.82, 2.24) is 0 Å². The molecule has 0 amide bonds. The molecule has 14 heavy (non-hydrogen) atoms. The lowest BCUT2D eigenvalue weighted by molar-refractivity contribution is -0.0565. The van der Waals surface area contributed by atoms with E-state index in [1.807, 2.05) is 13.8 Å². The number of hydrogen-bond acceptors (Lipinski definition) is 4. The molecule has 0 fully saturated rings. The second kappa shape index (κ2) is 8.17. The molecule has 3 unspecified atom stereocenters. The zero-order valence-corrected chi connectivity index (χ0v) is 9.53. The maximum absolute atomic E-state index is 8.94. The summed E-state index contributed by atoms with van der Waals surface area (Å²) in [6.45, 7) is 7.00. The monoisotopic (exact) mass is 206 g/mol. The number of hydrogen-bond donors (Lipinski definition) is 1. The minimum atomic E-state index is -0.417. The molecule has 0 saturated heterocycles. The van der Waals surface area contributed by atoms with Crippen molar-refractivity contribution in [3.8, 4) is 0 Å². The van der Waals surface area contributed by atoms with Gasteiger partial charge in [0.1, 0.15) is 0 Å². The van der Waals surface area contributed by atoms with Crippen LogP contribution in [0, 0.1) is 0 Å². The Labute approximate surface area is 86.2 Å². The van der Waals surface area contributed by atoms with E-state index in [0.717, 1.165) is 0 Å². The van der Waals surface area contributed by atoms with Crippen molar-refractivity contribution in [2.24, 2.45) is 0 Å². The molecule has 0 bridgehead atoms. The second-order valence-corrected chi connectivity index (χ2v) is 3.58. The van der Waals surface area contributed by atoms with Crippen LogP contribution in [0.4, 0.5) is 0 Å². The Kier molecular flexibility index (Phi) is 8.08. The third-order valence-corrected chi connectivity index (χ3v) is 1.73. The molecule has 0 radical (unpaired) electrons. The van der Waals surface area contributed by atoms with Gasteiger partial charge in [-0.3, -0.25) is 0 Å². The van der Waals surface area contributed by atoms with Crippen molar-refractivity contribution in [2.75, 3.05) is 26.9 Å². The Balaban J connectivity index is 3.32. The standard InChI is InChI=1S/C10H22O4/c1-8(11)5-13-6-10(3)14-7-9(2)12-4/h8-11H,5-7H2,1-4H3. The molecule has 0 heterocycles. The van der Waals surface area contributed by atoms with Crippen LogP contribution in [0.1, 0.15) is 20.8 Å². The van der Waals surface area contributed by atoms with E-state index in [1.54, 1.807) is 14.0 Å². The average Bonchev–Trinajstić information content (AvgIpc) is 2.13. The first-order valence-electron chi connectivity index (χ1n) is 4.96. The van der Waals surface area contributed by atoms with Gasteiger partial charge in [-0.15, -0.1) is 0 Å². The van der Waals surface area contributed by atoms with Crippen LogP contribution < -0.4 is 0 Å². The zero-order valence-electron chi connectivity index (χ0n) is 9.53. The number of aliphatic hydroxyl groups excluding tert-OH is 1. The summed E-state index contributed by atoms with van der Waals surface area (Å²) in [5, 5.41) is 8.94.